The number of hydrogen-bond donors (Lipinski definition) is 2. The Kier molecular flexibility index (Phi) is 5.43. The Bertz CT molecular complexity index is 444. The van der Waals surface area contributed by atoms with Crippen LogP contribution in [0.3, 0.4) is 0 Å². The van der Waals surface area contributed by atoms with Gasteiger partial charge in [-0.05, 0) is 15.8 Å². The third kappa shape index (κ3) is 4.66. The molecule has 2 N–H and O–H groups in total. The molecule has 106 valence electrons. The lowest BCUT2D eigenvalue weighted by atomic mass is 10.1. The van der Waals surface area contributed by atoms with Gasteiger partial charge >= 0.3 is 5.82 Å². The number of aromatic nitrogens is 2. The number of aryl methyl sites for hydroxylation is 1. The molecule has 0 spiro atoms. The summed E-state index contributed by atoms with van der Waals surface area (Å²) in [6.07, 6.45) is 2.77. The third-order valence-corrected chi connectivity index (χ3v) is 2.75. The van der Waals surface area contributed by atoms with E-state index in [1.165, 1.54) is 17.1 Å². The molecule has 1 aromatic heterocycles. The number of nitrogens with one attached hydrogen (secondary N) is 1. The van der Waals surface area contributed by atoms with Crippen LogP contribution < -0.4 is 5.32 Å². The fraction of sp³-hybridized carbons (Fsp3) is 0.636. The van der Waals surface area contributed by atoms with Gasteiger partial charge in [-0.15, -0.1) is 0 Å². The number of hydrogen-bond acceptors (Lipinski definition) is 5. The van der Waals surface area contributed by atoms with Gasteiger partial charge < -0.3 is 25.1 Å². The molecule has 0 aliphatic rings. The molecule has 0 aliphatic carbocycles. The summed E-state index contributed by atoms with van der Waals surface area (Å²) in [6.45, 7) is 4.00. The van der Waals surface area contributed by atoms with Crippen LogP contribution in [0.25, 0.3) is 0 Å². The number of carbonyl (C=O) groups is 1. The number of imidazole rings is 1. The molecule has 1 unspecified atom stereocenters. The van der Waals surface area contributed by atoms with E-state index in [-0.39, 0.29) is 36.7 Å². The van der Waals surface area contributed by atoms with Gasteiger partial charge in [0.15, 0.2) is 0 Å². The summed E-state index contributed by atoms with van der Waals surface area (Å²) in [5.41, 5.74) is 0. The summed E-state index contributed by atoms with van der Waals surface area (Å²) in [5, 5.41) is 22.2. The van der Waals surface area contributed by atoms with Gasteiger partial charge in [-0.1, -0.05) is 13.8 Å². The van der Waals surface area contributed by atoms with Crippen LogP contribution in [0, 0.1) is 16.0 Å². The second-order valence-electron chi connectivity index (χ2n) is 4.58. The molecule has 1 amide bonds. The number of nitro groups is 1. The largest absolute Gasteiger partial charge is 0.394 e. The van der Waals surface area contributed by atoms with Crippen LogP contribution in [-0.4, -0.2) is 38.1 Å². The minimum Gasteiger partial charge on any atom is -0.394 e. The molecule has 8 nitrogen and oxygen atoms in total. The predicted molar refractivity (Wildman–Crippen MR) is 67.4 cm³/mol. The Hall–Kier alpha value is -1.96. The van der Waals surface area contributed by atoms with E-state index in [0.29, 0.717) is 6.54 Å². The van der Waals surface area contributed by atoms with E-state index in [1.54, 1.807) is 0 Å². The second-order valence-corrected chi connectivity index (χ2v) is 4.58. The van der Waals surface area contributed by atoms with Crippen LogP contribution in [0.15, 0.2) is 12.5 Å². The fourth-order valence-corrected chi connectivity index (χ4v) is 1.50. The van der Waals surface area contributed by atoms with Gasteiger partial charge in [0, 0.05) is 13.0 Å². The lowest BCUT2D eigenvalue weighted by Crippen LogP contribution is -2.41. The standard InChI is InChI=1S/C11H18N4O4/c1-8(2)9(6-16)13-11(17)3-4-14-5-10(12-7-14)15(18)19/h5,7-9,16H,3-4,6H2,1-2H3,(H,13,17). The first-order valence-electron chi connectivity index (χ1n) is 6.00. The second kappa shape index (κ2) is 6.83. The van der Waals surface area contributed by atoms with Crippen molar-refractivity contribution in [2.45, 2.75) is 32.9 Å². The molecule has 0 bridgehead atoms. The Labute approximate surface area is 110 Å². The number of nitrogens with zero attached hydrogens (tertiary/aromatic N) is 3. The lowest BCUT2D eigenvalue weighted by molar-refractivity contribution is -0.389. The molecule has 0 aliphatic heterocycles. The maximum atomic E-state index is 11.6. The van der Waals surface area contributed by atoms with Crippen LogP contribution >= 0.6 is 0 Å². The highest BCUT2D eigenvalue weighted by Gasteiger charge is 2.15. The summed E-state index contributed by atoms with van der Waals surface area (Å²) >= 11 is 0. The average Bonchev–Trinajstić information content (AvgIpc) is 2.82. The van der Waals surface area contributed by atoms with Gasteiger partial charge in [-0.25, -0.2) is 0 Å². The van der Waals surface area contributed by atoms with E-state index in [0.717, 1.165) is 0 Å². The normalized spacial score (nSPS) is 12.4. The zero-order chi connectivity index (χ0) is 14.4. The molecule has 0 radical (unpaired) electrons. The number of carbonyl (C=O) groups excluding carboxylic acids is 1. The van der Waals surface area contributed by atoms with Gasteiger partial charge in [0.05, 0.1) is 12.6 Å². The van der Waals surface area contributed by atoms with E-state index < -0.39 is 4.92 Å². The predicted octanol–water partition coefficient (Wildman–Crippen LogP) is 0.314. The van der Waals surface area contributed by atoms with E-state index in [1.807, 2.05) is 13.8 Å². The van der Waals surface area contributed by atoms with Crippen molar-refractivity contribution in [2.75, 3.05) is 6.61 Å². The first-order valence-corrected chi connectivity index (χ1v) is 6.00. The first kappa shape index (κ1) is 15.1. The first-order chi connectivity index (χ1) is 8.93. The molecule has 1 rings (SSSR count). The SMILES string of the molecule is CC(C)C(CO)NC(=O)CCn1cnc([N+](=O)[O-])c1. The summed E-state index contributed by atoms with van der Waals surface area (Å²) < 4.78 is 1.49. The number of aliphatic hydroxyl groups is 1. The molecule has 0 saturated carbocycles. The lowest BCUT2D eigenvalue weighted by Gasteiger charge is -2.19. The minimum absolute atomic E-state index is 0.111. The Balaban J connectivity index is 2.43. The summed E-state index contributed by atoms with van der Waals surface area (Å²) in [5.74, 6) is -0.303. The van der Waals surface area contributed by atoms with Crippen molar-refractivity contribution in [1.82, 2.24) is 14.9 Å². The fourth-order valence-electron chi connectivity index (χ4n) is 1.50. The Morgan fingerprint density at radius 1 is 1.63 bits per heavy atom. The quantitative estimate of drug-likeness (QED) is 0.547. The molecular weight excluding hydrogens is 252 g/mol. The zero-order valence-corrected chi connectivity index (χ0v) is 10.9. The van der Waals surface area contributed by atoms with E-state index in [9.17, 15) is 14.9 Å². The van der Waals surface area contributed by atoms with Crippen LogP contribution in [0.1, 0.15) is 20.3 Å². The molecule has 1 heterocycles. The monoisotopic (exact) mass is 270 g/mol. The van der Waals surface area contributed by atoms with E-state index in [4.69, 9.17) is 5.11 Å². The molecule has 0 aromatic carbocycles. The van der Waals surface area contributed by atoms with Gasteiger partial charge in [0.1, 0.15) is 6.20 Å². The van der Waals surface area contributed by atoms with Crippen molar-refractivity contribution >= 4 is 11.7 Å². The number of rotatable bonds is 7. The van der Waals surface area contributed by atoms with E-state index >= 15 is 0 Å². The summed E-state index contributed by atoms with van der Waals surface area (Å²) in [4.78, 5) is 25.1. The van der Waals surface area contributed by atoms with Gasteiger partial charge in [0.2, 0.25) is 12.2 Å². The van der Waals surface area contributed by atoms with Crippen molar-refractivity contribution in [2.24, 2.45) is 5.92 Å². The van der Waals surface area contributed by atoms with Gasteiger partial charge in [-0.2, -0.15) is 0 Å². The molecule has 19 heavy (non-hydrogen) atoms. The molecule has 0 saturated heterocycles. The van der Waals surface area contributed by atoms with Crippen molar-refractivity contribution in [3.05, 3.63) is 22.6 Å². The van der Waals surface area contributed by atoms with Crippen LogP contribution in [0.4, 0.5) is 5.82 Å². The van der Waals surface area contributed by atoms with Gasteiger partial charge in [0.25, 0.3) is 0 Å². The molecule has 1 atom stereocenters. The highest BCUT2D eigenvalue weighted by molar-refractivity contribution is 5.76. The maximum Gasteiger partial charge on any atom is 0.381 e. The third-order valence-electron chi connectivity index (χ3n) is 2.75. The topological polar surface area (TPSA) is 110 Å². The number of amides is 1. The van der Waals surface area contributed by atoms with Gasteiger partial charge in [-0.3, -0.25) is 4.79 Å². The number of aliphatic hydroxyl groups excluding tert-OH is 1. The summed E-state index contributed by atoms with van der Waals surface area (Å²) in [6, 6.07) is -0.273. The average molecular weight is 270 g/mol. The summed E-state index contributed by atoms with van der Waals surface area (Å²) in [7, 11) is 0. The smallest absolute Gasteiger partial charge is 0.381 e. The van der Waals surface area contributed by atoms with Crippen molar-refractivity contribution < 1.29 is 14.8 Å². The molecule has 1 aromatic rings. The maximum absolute atomic E-state index is 11.6. The highest BCUT2D eigenvalue weighted by Crippen LogP contribution is 2.06. The molecular formula is C11H18N4O4. The zero-order valence-electron chi connectivity index (χ0n) is 10.9. The highest BCUT2D eigenvalue weighted by atomic mass is 16.6. The van der Waals surface area contributed by atoms with Crippen LogP contribution in [0.5, 0.6) is 0 Å². The van der Waals surface area contributed by atoms with E-state index in [2.05, 4.69) is 10.3 Å². The van der Waals surface area contributed by atoms with Crippen LogP contribution in [-0.2, 0) is 11.3 Å². The Morgan fingerprint density at radius 2 is 2.32 bits per heavy atom. The Morgan fingerprint density at radius 3 is 2.79 bits per heavy atom. The van der Waals surface area contributed by atoms with Crippen molar-refractivity contribution in [1.29, 1.82) is 0 Å². The molecule has 8 heteroatoms. The van der Waals surface area contributed by atoms with Crippen molar-refractivity contribution in [3.63, 3.8) is 0 Å². The molecule has 0 fully saturated rings. The van der Waals surface area contributed by atoms with Crippen LogP contribution in [0.2, 0.25) is 0 Å². The van der Waals surface area contributed by atoms with Crippen molar-refractivity contribution in [3.8, 4) is 0 Å². The minimum atomic E-state index is -0.586.